The van der Waals surface area contributed by atoms with Crippen molar-refractivity contribution < 1.29 is 9.90 Å². The molecular weight excluding hydrogens is 142 g/mol. The highest BCUT2D eigenvalue weighted by Gasteiger charge is 1.95. The molecule has 0 bridgehead atoms. The zero-order chi connectivity index (χ0) is 8.69. The Balaban J connectivity index is 2.97. The Morgan fingerprint density at radius 2 is 2.18 bits per heavy atom. The molecular formula is C8H17NO2. The molecule has 0 aliphatic carbocycles. The third kappa shape index (κ3) is 9.43. The number of carboxylic acid groups (broad SMARTS) is 1. The van der Waals surface area contributed by atoms with E-state index >= 15 is 0 Å². The molecule has 0 amide bonds. The zero-order valence-electron chi connectivity index (χ0n) is 7.26. The van der Waals surface area contributed by atoms with Gasteiger partial charge in [0.25, 0.3) is 0 Å². The van der Waals surface area contributed by atoms with Gasteiger partial charge in [-0.25, -0.2) is 0 Å². The summed E-state index contributed by atoms with van der Waals surface area (Å²) in [6.07, 6.45) is 2.22. The first-order chi connectivity index (χ1) is 5.13. The van der Waals surface area contributed by atoms with Gasteiger partial charge in [0.2, 0.25) is 0 Å². The van der Waals surface area contributed by atoms with Crippen LogP contribution in [0.1, 0.15) is 26.7 Å². The van der Waals surface area contributed by atoms with Crippen LogP contribution in [-0.2, 0) is 4.79 Å². The van der Waals surface area contributed by atoms with E-state index < -0.39 is 5.97 Å². The predicted octanol–water partition coefficient (Wildman–Crippen LogP) is 1.10. The second-order valence-corrected chi connectivity index (χ2v) is 3.11. The molecule has 3 nitrogen and oxygen atoms in total. The van der Waals surface area contributed by atoms with E-state index in [2.05, 4.69) is 19.2 Å². The van der Waals surface area contributed by atoms with Crippen molar-refractivity contribution in [1.29, 1.82) is 0 Å². The van der Waals surface area contributed by atoms with Crippen molar-refractivity contribution in [2.24, 2.45) is 5.92 Å². The van der Waals surface area contributed by atoms with Crippen molar-refractivity contribution in [3.05, 3.63) is 0 Å². The van der Waals surface area contributed by atoms with E-state index in [-0.39, 0.29) is 6.54 Å². The summed E-state index contributed by atoms with van der Waals surface area (Å²) in [7, 11) is 0. The first kappa shape index (κ1) is 10.4. The lowest BCUT2D eigenvalue weighted by Crippen LogP contribution is -2.23. The molecule has 0 aliphatic rings. The Hall–Kier alpha value is -0.570. The first-order valence-electron chi connectivity index (χ1n) is 4.05. The van der Waals surface area contributed by atoms with Gasteiger partial charge >= 0.3 is 5.97 Å². The molecule has 0 heterocycles. The Morgan fingerprint density at radius 3 is 2.64 bits per heavy atom. The monoisotopic (exact) mass is 159 g/mol. The van der Waals surface area contributed by atoms with Crippen LogP contribution >= 0.6 is 0 Å². The van der Waals surface area contributed by atoms with Gasteiger partial charge in [-0.05, 0) is 25.3 Å². The number of carbonyl (C=O) groups is 1. The van der Waals surface area contributed by atoms with E-state index in [1.165, 1.54) is 0 Å². The van der Waals surface area contributed by atoms with E-state index in [9.17, 15) is 4.79 Å². The maximum atomic E-state index is 10.0. The van der Waals surface area contributed by atoms with Crippen LogP contribution < -0.4 is 5.32 Å². The normalized spacial score (nSPS) is 10.5. The average Bonchev–Trinajstić information content (AvgIpc) is 1.85. The summed E-state index contributed by atoms with van der Waals surface area (Å²) in [6.45, 7) is 5.22. The van der Waals surface area contributed by atoms with Gasteiger partial charge in [0.15, 0.2) is 0 Å². The van der Waals surface area contributed by atoms with Gasteiger partial charge in [-0.3, -0.25) is 4.79 Å². The number of rotatable bonds is 6. The fraction of sp³-hybridized carbons (Fsp3) is 0.875. The summed E-state index contributed by atoms with van der Waals surface area (Å²) in [5, 5.41) is 11.1. The molecule has 0 unspecified atom stereocenters. The number of carboxylic acids is 1. The summed E-state index contributed by atoms with van der Waals surface area (Å²) < 4.78 is 0. The Labute approximate surface area is 67.8 Å². The van der Waals surface area contributed by atoms with E-state index in [1.54, 1.807) is 0 Å². The molecule has 0 radical (unpaired) electrons. The van der Waals surface area contributed by atoms with Crippen LogP contribution in [-0.4, -0.2) is 24.2 Å². The van der Waals surface area contributed by atoms with Crippen molar-refractivity contribution in [2.45, 2.75) is 26.7 Å². The molecule has 11 heavy (non-hydrogen) atoms. The third-order valence-electron chi connectivity index (χ3n) is 1.41. The molecule has 0 saturated heterocycles. The molecule has 0 atom stereocenters. The number of hydrogen-bond acceptors (Lipinski definition) is 2. The van der Waals surface area contributed by atoms with Crippen molar-refractivity contribution in [2.75, 3.05) is 13.1 Å². The minimum Gasteiger partial charge on any atom is -0.480 e. The number of nitrogens with one attached hydrogen (secondary N) is 1. The highest BCUT2D eigenvalue weighted by atomic mass is 16.4. The van der Waals surface area contributed by atoms with Crippen LogP contribution in [0.2, 0.25) is 0 Å². The van der Waals surface area contributed by atoms with Crippen LogP contribution in [0.15, 0.2) is 0 Å². The fourth-order valence-corrected chi connectivity index (χ4v) is 0.831. The summed E-state index contributed by atoms with van der Waals surface area (Å²) in [6, 6.07) is 0. The Kier molecular flexibility index (Phi) is 5.84. The number of hydrogen-bond donors (Lipinski definition) is 2. The summed E-state index contributed by atoms with van der Waals surface area (Å²) in [5.74, 6) is -0.0730. The van der Waals surface area contributed by atoms with E-state index in [4.69, 9.17) is 5.11 Å². The van der Waals surface area contributed by atoms with Gasteiger partial charge in [-0.2, -0.15) is 0 Å². The fourth-order valence-electron chi connectivity index (χ4n) is 0.831. The second-order valence-electron chi connectivity index (χ2n) is 3.11. The van der Waals surface area contributed by atoms with Gasteiger partial charge in [0, 0.05) is 0 Å². The van der Waals surface area contributed by atoms with Gasteiger partial charge < -0.3 is 10.4 Å². The van der Waals surface area contributed by atoms with E-state index in [0.717, 1.165) is 19.4 Å². The van der Waals surface area contributed by atoms with Crippen LogP contribution in [0.4, 0.5) is 0 Å². The lowest BCUT2D eigenvalue weighted by molar-refractivity contribution is -0.135. The van der Waals surface area contributed by atoms with Gasteiger partial charge in [-0.1, -0.05) is 13.8 Å². The van der Waals surface area contributed by atoms with Crippen LogP contribution in [0.5, 0.6) is 0 Å². The molecule has 0 spiro atoms. The predicted molar refractivity (Wildman–Crippen MR) is 44.6 cm³/mol. The third-order valence-corrected chi connectivity index (χ3v) is 1.41. The molecule has 0 saturated carbocycles. The van der Waals surface area contributed by atoms with E-state index in [1.807, 2.05) is 0 Å². The van der Waals surface area contributed by atoms with Crippen LogP contribution in [0.3, 0.4) is 0 Å². The smallest absolute Gasteiger partial charge is 0.317 e. The van der Waals surface area contributed by atoms with Gasteiger partial charge in [-0.15, -0.1) is 0 Å². The highest BCUT2D eigenvalue weighted by molar-refractivity contribution is 5.68. The molecule has 0 aliphatic heterocycles. The topological polar surface area (TPSA) is 49.3 Å². The highest BCUT2D eigenvalue weighted by Crippen LogP contribution is 2.01. The Bertz CT molecular complexity index is 113. The molecule has 0 rings (SSSR count). The van der Waals surface area contributed by atoms with E-state index in [0.29, 0.717) is 5.92 Å². The first-order valence-corrected chi connectivity index (χ1v) is 4.05. The molecule has 0 fully saturated rings. The van der Waals surface area contributed by atoms with Crippen LogP contribution in [0.25, 0.3) is 0 Å². The molecule has 0 aromatic carbocycles. The molecule has 2 N–H and O–H groups in total. The number of aliphatic carboxylic acids is 1. The summed E-state index contributed by atoms with van der Waals surface area (Å²) in [4.78, 5) is 10.0. The zero-order valence-corrected chi connectivity index (χ0v) is 7.26. The van der Waals surface area contributed by atoms with Crippen molar-refractivity contribution in [3.63, 3.8) is 0 Å². The quantitative estimate of drug-likeness (QED) is 0.570. The lowest BCUT2D eigenvalue weighted by Gasteiger charge is -2.03. The molecule has 0 aromatic heterocycles. The minimum atomic E-state index is -0.783. The molecule has 3 heteroatoms. The van der Waals surface area contributed by atoms with Crippen molar-refractivity contribution in [1.82, 2.24) is 5.32 Å². The largest absolute Gasteiger partial charge is 0.480 e. The van der Waals surface area contributed by atoms with Gasteiger partial charge in [0.05, 0.1) is 6.54 Å². The maximum absolute atomic E-state index is 10.0. The standard InChI is InChI=1S/C8H17NO2/c1-7(2)4-3-5-9-6-8(10)11/h7,9H,3-6H2,1-2H3,(H,10,11). The lowest BCUT2D eigenvalue weighted by atomic mass is 10.1. The molecule has 0 aromatic rings. The summed E-state index contributed by atoms with van der Waals surface area (Å²) >= 11 is 0. The average molecular weight is 159 g/mol. The maximum Gasteiger partial charge on any atom is 0.317 e. The molecule has 66 valence electrons. The minimum absolute atomic E-state index is 0.0814. The second kappa shape index (κ2) is 6.16. The van der Waals surface area contributed by atoms with Gasteiger partial charge in [0.1, 0.15) is 0 Å². The SMILES string of the molecule is CC(C)CCCNCC(=O)O. The van der Waals surface area contributed by atoms with Crippen molar-refractivity contribution in [3.8, 4) is 0 Å². The van der Waals surface area contributed by atoms with Crippen LogP contribution in [0, 0.1) is 5.92 Å². The van der Waals surface area contributed by atoms with Crippen molar-refractivity contribution >= 4 is 5.97 Å². The Morgan fingerprint density at radius 1 is 1.55 bits per heavy atom. The summed E-state index contributed by atoms with van der Waals surface area (Å²) in [5.41, 5.74) is 0.